The molecule has 0 amide bonds. The molecule has 5 heteroatoms. The molecule has 0 radical (unpaired) electrons. The highest BCUT2D eigenvalue weighted by Gasteiger charge is 2.07. The van der Waals surface area contributed by atoms with Crippen LogP contribution in [0.5, 0.6) is 0 Å². The van der Waals surface area contributed by atoms with Crippen molar-refractivity contribution in [1.29, 1.82) is 0 Å². The van der Waals surface area contributed by atoms with Crippen molar-refractivity contribution in [2.24, 2.45) is 0 Å². The second-order valence-electron chi connectivity index (χ2n) is 3.01. The number of hydrogen-bond donors (Lipinski definition) is 0. The van der Waals surface area contributed by atoms with Crippen LogP contribution in [0.4, 0.5) is 0 Å². The first kappa shape index (κ1) is 10.8. The normalized spacial score (nSPS) is 10.4. The predicted molar refractivity (Wildman–Crippen MR) is 51.1 cm³/mol. The molecule has 0 fully saturated rings. The Morgan fingerprint density at radius 2 is 2.36 bits per heavy atom. The average molecular weight is 197 g/mol. The minimum atomic E-state index is -0.0227. The minimum Gasteiger partial charge on any atom is -0.380 e. The Balaban J connectivity index is 2.42. The second-order valence-corrected chi connectivity index (χ2v) is 3.01. The van der Waals surface area contributed by atoms with Crippen molar-refractivity contribution >= 4 is 5.78 Å². The fourth-order valence-corrected chi connectivity index (χ4v) is 1.09. The minimum absolute atomic E-state index is 0.0227. The molecule has 1 rings (SSSR count). The number of rotatable bonds is 6. The number of ketones is 1. The monoisotopic (exact) mass is 197 g/mol. The fraction of sp³-hybridized carbons (Fsp3) is 0.667. The lowest BCUT2D eigenvalue weighted by Gasteiger charge is -2.04. The van der Waals surface area contributed by atoms with Gasteiger partial charge in [0, 0.05) is 13.5 Å². The molecule has 0 aliphatic carbocycles. The van der Waals surface area contributed by atoms with Gasteiger partial charge in [-0.3, -0.25) is 4.79 Å². The van der Waals surface area contributed by atoms with Gasteiger partial charge < -0.3 is 4.74 Å². The molecule has 0 spiro atoms. The maximum atomic E-state index is 11.1. The van der Waals surface area contributed by atoms with E-state index >= 15 is 0 Å². The van der Waals surface area contributed by atoms with Crippen LogP contribution in [-0.4, -0.2) is 34.0 Å². The topological polar surface area (TPSA) is 57.0 Å². The van der Waals surface area contributed by atoms with Crippen LogP contribution in [0, 0.1) is 0 Å². The van der Waals surface area contributed by atoms with Crippen molar-refractivity contribution in [2.75, 3.05) is 13.2 Å². The smallest absolute Gasteiger partial charge is 0.179 e. The van der Waals surface area contributed by atoms with Gasteiger partial charge in [-0.1, -0.05) is 12.1 Å². The molecule has 5 nitrogen and oxygen atoms in total. The van der Waals surface area contributed by atoms with Crippen molar-refractivity contribution < 1.29 is 9.53 Å². The molecule has 0 N–H and O–H groups in total. The van der Waals surface area contributed by atoms with Gasteiger partial charge in [0.1, 0.15) is 5.69 Å². The lowest BCUT2D eigenvalue weighted by molar-refractivity contribution is 0.0991. The quantitative estimate of drug-likeness (QED) is 0.502. The van der Waals surface area contributed by atoms with Crippen LogP contribution in [0.15, 0.2) is 6.20 Å². The van der Waals surface area contributed by atoms with E-state index in [2.05, 4.69) is 17.2 Å². The number of ether oxygens (including phenoxy) is 1. The van der Waals surface area contributed by atoms with Gasteiger partial charge in [-0.15, -0.1) is 5.10 Å². The summed E-state index contributed by atoms with van der Waals surface area (Å²) in [5.41, 5.74) is 0.532. The Morgan fingerprint density at radius 3 is 3.00 bits per heavy atom. The largest absolute Gasteiger partial charge is 0.380 e. The van der Waals surface area contributed by atoms with Gasteiger partial charge in [-0.05, 0) is 6.42 Å². The molecule has 78 valence electrons. The molecule has 0 saturated heterocycles. The lowest BCUT2D eigenvalue weighted by atomic mass is 10.3. The van der Waals surface area contributed by atoms with Gasteiger partial charge in [0.15, 0.2) is 5.78 Å². The zero-order valence-corrected chi connectivity index (χ0v) is 8.56. The van der Waals surface area contributed by atoms with E-state index < -0.39 is 0 Å². The number of nitrogens with zero attached hydrogens (tertiary/aromatic N) is 3. The summed E-state index contributed by atoms with van der Waals surface area (Å²) in [5.74, 6) is -0.0227. The first-order valence-corrected chi connectivity index (χ1v) is 4.73. The van der Waals surface area contributed by atoms with Crippen LogP contribution in [-0.2, 0) is 11.3 Å². The molecule has 0 unspecified atom stereocenters. The Bertz CT molecular complexity index is 296. The molecule has 1 heterocycles. The van der Waals surface area contributed by atoms with Crippen LogP contribution < -0.4 is 0 Å². The highest BCUT2D eigenvalue weighted by molar-refractivity contribution is 5.91. The number of hydrogen-bond acceptors (Lipinski definition) is 4. The molecule has 0 aliphatic heterocycles. The van der Waals surface area contributed by atoms with Crippen LogP contribution >= 0.6 is 0 Å². The predicted octanol–water partition coefficient (Wildman–Crippen LogP) is 0.907. The molecular weight excluding hydrogens is 182 g/mol. The van der Waals surface area contributed by atoms with Gasteiger partial charge in [-0.25, -0.2) is 4.68 Å². The summed E-state index contributed by atoms with van der Waals surface area (Å²) in [4.78, 5) is 11.1. The Morgan fingerprint density at radius 1 is 1.57 bits per heavy atom. The summed E-state index contributed by atoms with van der Waals surface area (Å²) in [5, 5.41) is 7.48. The number of carbonyl (C=O) groups excluding carboxylic acids is 1. The summed E-state index contributed by atoms with van der Waals surface area (Å²) in [6, 6.07) is 0. The van der Waals surface area contributed by atoms with E-state index in [9.17, 15) is 4.79 Å². The zero-order valence-electron chi connectivity index (χ0n) is 8.56. The maximum Gasteiger partial charge on any atom is 0.179 e. The Kier molecular flexibility index (Phi) is 4.25. The van der Waals surface area contributed by atoms with Gasteiger partial charge in [0.2, 0.25) is 0 Å². The van der Waals surface area contributed by atoms with Crippen molar-refractivity contribution in [3.63, 3.8) is 0 Å². The summed E-state index contributed by atoms with van der Waals surface area (Å²) >= 11 is 0. The van der Waals surface area contributed by atoms with E-state index in [1.165, 1.54) is 13.1 Å². The molecule has 0 bridgehead atoms. The van der Waals surface area contributed by atoms with Crippen molar-refractivity contribution in [3.8, 4) is 0 Å². The zero-order chi connectivity index (χ0) is 10.4. The molecule has 1 aromatic rings. The molecule has 0 saturated carbocycles. The van der Waals surface area contributed by atoms with Crippen LogP contribution in [0.1, 0.15) is 30.8 Å². The summed E-state index contributed by atoms with van der Waals surface area (Å²) in [6.07, 6.45) is 2.47. The SMILES string of the molecule is CCCOCCn1nncc1C(C)=O. The summed E-state index contributed by atoms with van der Waals surface area (Å²) in [6.45, 7) is 5.44. The number of aromatic nitrogens is 3. The van der Waals surface area contributed by atoms with Crippen LogP contribution in [0.2, 0.25) is 0 Å². The first-order valence-electron chi connectivity index (χ1n) is 4.73. The third-order valence-electron chi connectivity index (χ3n) is 1.77. The van der Waals surface area contributed by atoms with Crippen molar-refractivity contribution in [1.82, 2.24) is 15.0 Å². The number of carbonyl (C=O) groups is 1. The van der Waals surface area contributed by atoms with E-state index in [1.54, 1.807) is 4.68 Å². The Labute approximate surface area is 83.1 Å². The molecule has 0 aliphatic rings. The van der Waals surface area contributed by atoms with E-state index in [-0.39, 0.29) is 5.78 Å². The molecule has 0 aromatic carbocycles. The molecule has 1 aromatic heterocycles. The molecular formula is C9H15N3O2. The Hall–Kier alpha value is -1.23. The van der Waals surface area contributed by atoms with Crippen molar-refractivity contribution in [3.05, 3.63) is 11.9 Å². The van der Waals surface area contributed by atoms with E-state index in [4.69, 9.17) is 4.74 Å². The molecule has 0 atom stereocenters. The average Bonchev–Trinajstić information content (AvgIpc) is 2.60. The summed E-state index contributed by atoms with van der Waals surface area (Å²) in [7, 11) is 0. The third-order valence-corrected chi connectivity index (χ3v) is 1.77. The standard InChI is InChI=1S/C9H15N3O2/c1-3-5-14-6-4-12-9(8(2)13)7-10-11-12/h7H,3-6H2,1-2H3. The first-order chi connectivity index (χ1) is 6.75. The summed E-state index contributed by atoms with van der Waals surface area (Å²) < 4.78 is 6.86. The van der Waals surface area contributed by atoms with E-state index in [0.29, 0.717) is 18.8 Å². The van der Waals surface area contributed by atoms with E-state index in [0.717, 1.165) is 13.0 Å². The van der Waals surface area contributed by atoms with Gasteiger partial charge in [0.25, 0.3) is 0 Å². The highest BCUT2D eigenvalue weighted by atomic mass is 16.5. The van der Waals surface area contributed by atoms with Crippen molar-refractivity contribution in [2.45, 2.75) is 26.8 Å². The second kappa shape index (κ2) is 5.49. The van der Waals surface area contributed by atoms with Gasteiger partial charge in [-0.2, -0.15) is 0 Å². The maximum absolute atomic E-state index is 11.1. The third kappa shape index (κ3) is 2.92. The fourth-order valence-electron chi connectivity index (χ4n) is 1.09. The van der Waals surface area contributed by atoms with Gasteiger partial charge in [0.05, 0.1) is 19.3 Å². The van der Waals surface area contributed by atoms with Gasteiger partial charge >= 0.3 is 0 Å². The number of Topliss-reactive ketones (excluding diaryl/α,β-unsaturated/α-hetero) is 1. The van der Waals surface area contributed by atoms with E-state index in [1.807, 2.05) is 0 Å². The van der Waals surface area contributed by atoms with Crippen LogP contribution in [0.3, 0.4) is 0 Å². The molecule has 14 heavy (non-hydrogen) atoms. The lowest BCUT2D eigenvalue weighted by Crippen LogP contribution is -2.13. The highest BCUT2D eigenvalue weighted by Crippen LogP contribution is 1.97. The van der Waals surface area contributed by atoms with Crippen LogP contribution in [0.25, 0.3) is 0 Å².